The van der Waals surface area contributed by atoms with Crippen LogP contribution in [0.5, 0.6) is 0 Å². The van der Waals surface area contributed by atoms with Crippen LogP contribution in [0.1, 0.15) is 12.2 Å². The molecule has 1 aromatic carbocycles. The fourth-order valence-corrected chi connectivity index (χ4v) is 2.56. The average molecular weight is 301 g/mol. The molecular formula is C15H19N5O2. The Kier molecular flexibility index (Phi) is 4.17. The second-order valence-electron chi connectivity index (χ2n) is 5.39. The molecular weight excluding hydrogens is 282 g/mol. The zero-order valence-corrected chi connectivity index (χ0v) is 12.4. The van der Waals surface area contributed by atoms with E-state index in [9.17, 15) is 4.79 Å². The van der Waals surface area contributed by atoms with E-state index in [1.165, 1.54) is 6.33 Å². The first kappa shape index (κ1) is 14.7. The van der Waals surface area contributed by atoms with E-state index in [-0.39, 0.29) is 17.9 Å². The molecule has 0 bridgehead atoms. The van der Waals surface area contributed by atoms with Crippen molar-refractivity contribution in [1.29, 1.82) is 0 Å². The van der Waals surface area contributed by atoms with Crippen LogP contribution in [-0.2, 0) is 9.53 Å². The summed E-state index contributed by atoms with van der Waals surface area (Å²) in [6, 6.07) is 7.23. The van der Waals surface area contributed by atoms with Crippen molar-refractivity contribution in [1.82, 2.24) is 14.8 Å². The van der Waals surface area contributed by atoms with Crippen LogP contribution in [0.15, 0.2) is 30.6 Å². The van der Waals surface area contributed by atoms with Crippen molar-refractivity contribution in [3.05, 3.63) is 36.4 Å². The third-order valence-electron chi connectivity index (χ3n) is 3.83. The van der Waals surface area contributed by atoms with Crippen LogP contribution in [0.2, 0.25) is 0 Å². The fourth-order valence-electron chi connectivity index (χ4n) is 2.56. The molecule has 2 aromatic rings. The van der Waals surface area contributed by atoms with Crippen LogP contribution >= 0.6 is 0 Å². The highest BCUT2D eigenvalue weighted by Gasteiger charge is 2.28. The van der Waals surface area contributed by atoms with Gasteiger partial charge in [-0.25, -0.2) is 9.67 Å². The Labute approximate surface area is 128 Å². The maximum atomic E-state index is 12.3. The first-order valence-electron chi connectivity index (χ1n) is 7.26. The van der Waals surface area contributed by atoms with Crippen molar-refractivity contribution in [2.45, 2.75) is 19.4 Å². The number of hydrogen-bond donors (Lipinski definition) is 2. The quantitative estimate of drug-likeness (QED) is 0.877. The van der Waals surface area contributed by atoms with Gasteiger partial charge in [0.15, 0.2) is 0 Å². The molecule has 3 rings (SSSR count). The average Bonchev–Trinajstić information content (AvgIpc) is 2.94. The summed E-state index contributed by atoms with van der Waals surface area (Å²) in [7, 11) is 0. The smallest absolute Gasteiger partial charge is 0.229 e. The third-order valence-corrected chi connectivity index (χ3v) is 3.83. The van der Waals surface area contributed by atoms with Crippen molar-refractivity contribution in [2.24, 2.45) is 11.7 Å². The van der Waals surface area contributed by atoms with E-state index in [0.717, 1.165) is 17.2 Å². The summed E-state index contributed by atoms with van der Waals surface area (Å²) in [5.41, 5.74) is 7.57. The SMILES string of the molecule is Cc1ncnn1-c1ccc(NC(=O)[C@@H]2CCOC[C@@H]2N)cc1. The second-order valence-corrected chi connectivity index (χ2v) is 5.39. The van der Waals surface area contributed by atoms with Gasteiger partial charge in [-0.2, -0.15) is 5.10 Å². The predicted octanol–water partition coefficient (Wildman–Crippen LogP) is 0.878. The summed E-state index contributed by atoms with van der Waals surface area (Å²) in [6.45, 7) is 2.90. The van der Waals surface area contributed by atoms with Crippen LogP contribution in [0, 0.1) is 12.8 Å². The highest BCUT2D eigenvalue weighted by molar-refractivity contribution is 5.93. The molecule has 0 unspecified atom stereocenters. The summed E-state index contributed by atoms with van der Waals surface area (Å²) < 4.78 is 7.00. The molecule has 7 nitrogen and oxygen atoms in total. The lowest BCUT2D eigenvalue weighted by molar-refractivity contribution is -0.123. The van der Waals surface area contributed by atoms with Gasteiger partial charge in [0.1, 0.15) is 12.2 Å². The molecule has 1 amide bonds. The first-order chi connectivity index (χ1) is 10.6. The Morgan fingerprint density at radius 1 is 1.41 bits per heavy atom. The molecule has 116 valence electrons. The van der Waals surface area contributed by atoms with Crippen molar-refractivity contribution in [2.75, 3.05) is 18.5 Å². The molecule has 0 spiro atoms. The van der Waals surface area contributed by atoms with E-state index in [0.29, 0.717) is 19.6 Å². The predicted molar refractivity (Wildman–Crippen MR) is 81.6 cm³/mol. The lowest BCUT2D eigenvalue weighted by Gasteiger charge is -2.27. The Bertz CT molecular complexity index is 652. The van der Waals surface area contributed by atoms with E-state index in [1.54, 1.807) is 4.68 Å². The number of carbonyl (C=O) groups is 1. The van der Waals surface area contributed by atoms with E-state index < -0.39 is 0 Å². The van der Waals surface area contributed by atoms with Gasteiger partial charge in [0.25, 0.3) is 0 Å². The number of benzene rings is 1. The van der Waals surface area contributed by atoms with Crippen molar-refractivity contribution in [3.63, 3.8) is 0 Å². The number of aromatic nitrogens is 3. The Hall–Kier alpha value is -2.25. The first-order valence-corrected chi connectivity index (χ1v) is 7.26. The van der Waals surface area contributed by atoms with Crippen LogP contribution in [0.3, 0.4) is 0 Å². The lowest BCUT2D eigenvalue weighted by Crippen LogP contribution is -2.45. The van der Waals surface area contributed by atoms with E-state index in [4.69, 9.17) is 10.5 Å². The molecule has 0 radical (unpaired) electrons. The number of anilines is 1. The molecule has 1 aliphatic heterocycles. The van der Waals surface area contributed by atoms with Gasteiger partial charge in [0, 0.05) is 18.3 Å². The van der Waals surface area contributed by atoms with Gasteiger partial charge < -0.3 is 15.8 Å². The molecule has 7 heteroatoms. The summed E-state index contributed by atoms with van der Waals surface area (Å²) in [4.78, 5) is 16.4. The molecule has 2 atom stereocenters. The van der Waals surface area contributed by atoms with Crippen LogP contribution in [0.4, 0.5) is 5.69 Å². The minimum Gasteiger partial charge on any atom is -0.380 e. The largest absolute Gasteiger partial charge is 0.380 e. The maximum Gasteiger partial charge on any atom is 0.229 e. The van der Waals surface area contributed by atoms with Crippen molar-refractivity contribution < 1.29 is 9.53 Å². The van der Waals surface area contributed by atoms with Crippen molar-refractivity contribution in [3.8, 4) is 5.69 Å². The highest BCUT2D eigenvalue weighted by atomic mass is 16.5. The molecule has 22 heavy (non-hydrogen) atoms. The second kappa shape index (κ2) is 6.25. The van der Waals surface area contributed by atoms with Crippen LogP contribution in [-0.4, -0.2) is 39.9 Å². The Morgan fingerprint density at radius 3 is 2.82 bits per heavy atom. The summed E-state index contributed by atoms with van der Waals surface area (Å²) in [5, 5.41) is 7.06. The Morgan fingerprint density at radius 2 is 2.18 bits per heavy atom. The number of ether oxygens (including phenoxy) is 1. The van der Waals surface area contributed by atoms with Gasteiger partial charge in [0.05, 0.1) is 18.2 Å². The number of nitrogens with zero attached hydrogens (tertiary/aromatic N) is 3. The monoisotopic (exact) mass is 301 g/mol. The van der Waals surface area contributed by atoms with E-state index in [2.05, 4.69) is 15.4 Å². The number of nitrogens with two attached hydrogens (primary N) is 1. The number of amides is 1. The molecule has 3 N–H and O–H groups in total. The highest BCUT2D eigenvalue weighted by Crippen LogP contribution is 2.18. The minimum absolute atomic E-state index is 0.0551. The number of nitrogens with one attached hydrogen (secondary N) is 1. The Balaban J connectivity index is 1.68. The molecule has 0 saturated carbocycles. The number of carbonyl (C=O) groups excluding carboxylic acids is 1. The molecule has 1 fully saturated rings. The van der Waals surface area contributed by atoms with Gasteiger partial charge in [-0.1, -0.05) is 0 Å². The van der Waals surface area contributed by atoms with Crippen molar-refractivity contribution >= 4 is 11.6 Å². The van der Waals surface area contributed by atoms with Crippen LogP contribution < -0.4 is 11.1 Å². The van der Waals surface area contributed by atoms with Gasteiger partial charge in [0.2, 0.25) is 5.91 Å². The molecule has 0 aliphatic carbocycles. The molecule has 1 aliphatic rings. The van der Waals surface area contributed by atoms with Gasteiger partial charge in [-0.15, -0.1) is 0 Å². The van der Waals surface area contributed by atoms with E-state index >= 15 is 0 Å². The minimum atomic E-state index is -0.245. The molecule has 1 saturated heterocycles. The lowest BCUT2D eigenvalue weighted by atomic mass is 9.94. The summed E-state index contributed by atoms with van der Waals surface area (Å²) in [5.74, 6) is 0.552. The van der Waals surface area contributed by atoms with Gasteiger partial charge in [-0.05, 0) is 37.6 Å². The topological polar surface area (TPSA) is 95.1 Å². The summed E-state index contributed by atoms with van der Waals surface area (Å²) >= 11 is 0. The van der Waals surface area contributed by atoms with Gasteiger partial charge in [-0.3, -0.25) is 4.79 Å². The normalized spacial score (nSPS) is 21.5. The van der Waals surface area contributed by atoms with Crippen LogP contribution in [0.25, 0.3) is 5.69 Å². The zero-order chi connectivity index (χ0) is 15.5. The van der Waals surface area contributed by atoms with E-state index in [1.807, 2.05) is 31.2 Å². The molecule has 2 heterocycles. The number of hydrogen-bond acceptors (Lipinski definition) is 5. The standard InChI is InChI=1S/C15H19N5O2/c1-10-17-9-18-20(10)12-4-2-11(3-5-12)19-15(21)13-6-7-22-8-14(13)16/h2-5,9,13-14H,6-8,16H2,1H3,(H,19,21)/t13-,14+/m1/s1. The van der Waals surface area contributed by atoms with Gasteiger partial charge >= 0.3 is 0 Å². The maximum absolute atomic E-state index is 12.3. The third kappa shape index (κ3) is 3.00. The fraction of sp³-hybridized carbons (Fsp3) is 0.400. The zero-order valence-electron chi connectivity index (χ0n) is 12.4. The number of rotatable bonds is 3. The number of aryl methyl sites for hydroxylation is 1. The summed E-state index contributed by atoms with van der Waals surface area (Å²) in [6.07, 6.45) is 2.17. The molecule has 1 aromatic heterocycles.